The van der Waals surface area contributed by atoms with Gasteiger partial charge in [0.2, 0.25) is 0 Å². The number of nitrogens with one attached hydrogen (secondary N) is 1. The van der Waals surface area contributed by atoms with Gasteiger partial charge in [-0.3, -0.25) is 4.79 Å². The van der Waals surface area contributed by atoms with Gasteiger partial charge in [-0.2, -0.15) is 0 Å². The Bertz CT molecular complexity index is 407. The molecule has 0 saturated heterocycles. The standard InChI is InChI=1S/C14H19ClINO/c1-14(2,8-5-9-15)10-17-13(18)11-6-3-4-7-12(11)16/h3-4,6-7H,5,8-10H2,1-2H3,(H,17,18). The van der Waals surface area contributed by atoms with Crippen LogP contribution in [0.5, 0.6) is 0 Å². The second kappa shape index (κ2) is 7.34. The number of hydrogen-bond donors (Lipinski definition) is 1. The smallest absolute Gasteiger partial charge is 0.252 e. The van der Waals surface area contributed by atoms with Gasteiger partial charge in [-0.1, -0.05) is 26.0 Å². The Hall–Kier alpha value is -0.290. The number of carbonyl (C=O) groups excluding carboxylic acids is 1. The first-order chi connectivity index (χ1) is 8.46. The molecule has 0 aromatic heterocycles. The van der Waals surface area contributed by atoms with E-state index in [9.17, 15) is 4.79 Å². The van der Waals surface area contributed by atoms with E-state index in [-0.39, 0.29) is 11.3 Å². The van der Waals surface area contributed by atoms with E-state index in [0.717, 1.165) is 22.0 Å². The average molecular weight is 380 g/mol. The van der Waals surface area contributed by atoms with Crippen LogP contribution < -0.4 is 5.32 Å². The molecule has 0 heterocycles. The van der Waals surface area contributed by atoms with Crippen molar-refractivity contribution in [2.75, 3.05) is 12.4 Å². The van der Waals surface area contributed by atoms with Crippen LogP contribution in [0.15, 0.2) is 24.3 Å². The first-order valence-corrected chi connectivity index (χ1v) is 7.66. The molecule has 1 N–H and O–H groups in total. The second-order valence-corrected chi connectivity index (χ2v) is 6.66. The number of carbonyl (C=O) groups is 1. The number of amides is 1. The van der Waals surface area contributed by atoms with Crippen LogP contribution in [0, 0.1) is 8.99 Å². The summed E-state index contributed by atoms with van der Waals surface area (Å²) in [6.45, 7) is 4.97. The molecule has 0 fully saturated rings. The van der Waals surface area contributed by atoms with Crippen LogP contribution in [0.3, 0.4) is 0 Å². The van der Waals surface area contributed by atoms with Gasteiger partial charge in [0.05, 0.1) is 5.56 Å². The predicted octanol–water partition coefficient (Wildman–Crippen LogP) is 4.07. The van der Waals surface area contributed by atoms with Gasteiger partial charge in [-0.15, -0.1) is 11.6 Å². The van der Waals surface area contributed by atoms with Gasteiger partial charge in [-0.25, -0.2) is 0 Å². The van der Waals surface area contributed by atoms with E-state index < -0.39 is 0 Å². The zero-order chi connectivity index (χ0) is 13.6. The minimum Gasteiger partial charge on any atom is -0.351 e. The van der Waals surface area contributed by atoms with E-state index in [4.69, 9.17) is 11.6 Å². The molecule has 1 aromatic rings. The van der Waals surface area contributed by atoms with Gasteiger partial charge in [0, 0.05) is 16.0 Å². The van der Waals surface area contributed by atoms with Crippen molar-refractivity contribution >= 4 is 40.1 Å². The minimum atomic E-state index is -0.000974. The summed E-state index contributed by atoms with van der Waals surface area (Å²) in [6, 6.07) is 7.61. The zero-order valence-corrected chi connectivity index (χ0v) is 13.7. The van der Waals surface area contributed by atoms with Gasteiger partial charge in [-0.05, 0) is 53.0 Å². The summed E-state index contributed by atoms with van der Waals surface area (Å²) in [5.41, 5.74) is 0.830. The lowest BCUT2D eigenvalue weighted by Crippen LogP contribution is -2.34. The molecule has 0 bridgehead atoms. The quantitative estimate of drug-likeness (QED) is 0.586. The predicted molar refractivity (Wildman–Crippen MR) is 85.2 cm³/mol. The van der Waals surface area contributed by atoms with Gasteiger partial charge in [0.25, 0.3) is 5.91 Å². The molecule has 0 spiro atoms. The molecule has 0 atom stereocenters. The number of rotatable bonds is 6. The monoisotopic (exact) mass is 379 g/mol. The summed E-state index contributed by atoms with van der Waals surface area (Å²) in [5, 5.41) is 3.00. The number of alkyl halides is 1. The molecule has 0 aliphatic rings. The topological polar surface area (TPSA) is 29.1 Å². The van der Waals surface area contributed by atoms with Gasteiger partial charge < -0.3 is 5.32 Å². The highest BCUT2D eigenvalue weighted by molar-refractivity contribution is 14.1. The minimum absolute atomic E-state index is 0.000974. The molecule has 0 unspecified atom stereocenters. The lowest BCUT2D eigenvalue weighted by molar-refractivity contribution is 0.0933. The van der Waals surface area contributed by atoms with E-state index in [1.165, 1.54) is 0 Å². The molecule has 1 rings (SSSR count). The molecule has 0 aliphatic carbocycles. The van der Waals surface area contributed by atoms with Crippen molar-refractivity contribution in [1.82, 2.24) is 5.32 Å². The molecule has 0 radical (unpaired) electrons. The third kappa shape index (κ3) is 5.14. The van der Waals surface area contributed by atoms with E-state index in [2.05, 4.69) is 41.8 Å². The van der Waals surface area contributed by atoms with E-state index in [0.29, 0.717) is 12.4 Å². The Morgan fingerprint density at radius 3 is 2.67 bits per heavy atom. The Kier molecular flexibility index (Phi) is 6.43. The highest BCUT2D eigenvalue weighted by Gasteiger charge is 2.19. The highest BCUT2D eigenvalue weighted by Crippen LogP contribution is 2.21. The summed E-state index contributed by atoms with van der Waals surface area (Å²) in [6.07, 6.45) is 2.00. The molecule has 0 saturated carbocycles. The largest absolute Gasteiger partial charge is 0.351 e. The molecule has 2 nitrogen and oxygen atoms in total. The lowest BCUT2D eigenvalue weighted by atomic mass is 9.88. The fourth-order valence-corrected chi connectivity index (χ4v) is 2.46. The van der Waals surface area contributed by atoms with Crippen molar-refractivity contribution in [3.63, 3.8) is 0 Å². The van der Waals surface area contributed by atoms with Gasteiger partial charge >= 0.3 is 0 Å². The van der Waals surface area contributed by atoms with Crippen LogP contribution in [-0.2, 0) is 0 Å². The average Bonchev–Trinajstić information content (AvgIpc) is 2.34. The normalized spacial score (nSPS) is 11.3. The fourth-order valence-electron chi connectivity index (χ4n) is 1.69. The molecule has 1 aromatic carbocycles. The summed E-state index contributed by atoms with van der Waals surface area (Å²) in [4.78, 5) is 12.0. The Morgan fingerprint density at radius 1 is 1.39 bits per heavy atom. The van der Waals surface area contributed by atoms with Crippen LogP contribution in [0.1, 0.15) is 37.0 Å². The first-order valence-electron chi connectivity index (χ1n) is 6.05. The van der Waals surface area contributed by atoms with Crippen molar-refractivity contribution in [1.29, 1.82) is 0 Å². The van der Waals surface area contributed by atoms with Crippen LogP contribution in [0.25, 0.3) is 0 Å². The van der Waals surface area contributed by atoms with Gasteiger partial charge in [0.1, 0.15) is 0 Å². The van der Waals surface area contributed by atoms with E-state index in [1.807, 2.05) is 24.3 Å². The van der Waals surface area contributed by atoms with Crippen LogP contribution in [0.2, 0.25) is 0 Å². The lowest BCUT2D eigenvalue weighted by Gasteiger charge is -2.24. The van der Waals surface area contributed by atoms with Crippen LogP contribution in [-0.4, -0.2) is 18.3 Å². The Labute approximate surface area is 128 Å². The summed E-state index contributed by atoms with van der Waals surface area (Å²) in [7, 11) is 0. The third-order valence-electron chi connectivity index (χ3n) is 2.83. The molecule has 0 aliphatic heterocycles. The molecule has 100 valence electrons. The maximum absolute atomic E-state index is 12.0. The summed E-state index contributed by atoms with van der Waals surface area (Å²) < 4.78 is 0.978. The summed E-state index contributed by atoms with van der Waals surface area (Å²) in [5.74, 6) is 0.674. The Balaban J connectivity index is 2.54. The summed E-state index contributed by atoms with van der Waals surface area (Å²) >= 11 is 7.88. The second-order valence-electron chi connectivity index (χ2n) is 5.12. The van der Waals surface area contributed by atoms with Crippen molar-refractivity contribution in [2.45, 2.75) is 26.7 Å². The van der Waals surface area contributed by atoms with Crippen molar-refractivity contribution < 1.29 is 4.79 Å². The van der Waals surface area contributed by atoms with Crippen molar-refractivity contribution in [3.8, 4) is 0 Å². The molecule has 18 heavy (non-hydrogen) atoms. The highest BCUT2D eigenvalue weighted by atomic mass is 127. The van der Waals surface area contributed by atoms with Crippen molar-refractivity contribution in [3.05, 3.63) is 33.4 Å². The maximum atomic E-state index is 12.0. The fraction of sp³-hybridized carbons (Fsp3) is 0.500. The molecule has 1 amide bonds. The van der Waals surface area contributed by atoms with Crippen LogP contribution in [0.4, 0.5) is 0 Å². The molecule has 4 heteroatoms. The molecular weight excluding hydrogens is 361 g/mol. The number of halogens is 2. The SMILES string of the molecule is CC(C)(CCCCl)CNC(=O)c1ccccc1I. The number of benzene rings is 1. The number of hydrogen-bond acceptors (Lipinski definition) is 1. The van der Waals surface area contributed by atoms with E-state index in [1.54, 1.807) is 0 Å². The van der Waals surface area contributed by atoms with E-state index >= 15 is 0 Å². The zero-order valence-electron chi connectivity index (χ0n) is 10.8. The van der Waals surface area contributed by atoms with Gasteiger partial charge in [0.15, 0.2) is 0 Å². The Morgan fingerprint density at radius 2 is 2.06 bits per heavy atom. The van der Waals surface area contributed by atoms with Crippen LogP contribution >= 0.6 is 34.2 Å². The molecular formula is C14H19ClINO. The maximum Gasteiger partial charge on any atom is 0.252 e. The first kappa shape index (κ1) is 15.8. The third-order valence-corrected chi connectivity index (χ3v) is 4.04. The van der Waals surface area contributed by atoms with Crippen molar-refractivity contribution in [2.24, 2.45) is 5.41 Å².